The summed E-state index contributed by atoms with van der Waals surface area (Å²) >= 11 is 0. The molecule has 0 aliphatic heterocycles. The van der Waals surface area contributed by atoms with Crippen LogP contribution in [0.25, 0.3) is 0 Å². The number of nitrogens with one attached hydrogen (secondary N) is 2. The van der Waals surface area contributed by atoms with Crippen molar-refractivity contribution in [3.05, 3.63) is 24.4 Å². The first-order valence-corrected chi connectivity index (χ1v) is 6.49. The van der Waals surface area contributed by atoms with Crippen molar-refractivity contribution in [3.63, 3.8) is 0 Å². The van der Waals surface area contributed by atoms with Gasteiger partial charge in [-0.3, -0.25) is 10.1 Å². The van der Waals surface area contributed by atoms with Gasteiger partial charge in [0.1, 0.15) is 12.4 Å². The number of nitrogens with zero attached hydrogens (tertiary/aromatic N) is 5. The van der Waals surface area contributed by atoms with Crippen molar-refractivity contribution in [2.75, 3.05) is 17.2 Å². The fraction of sp³-hybridized carbons (Fsp3) is 0.333. The molecule has 0 unspecified atom stereocenters. The molecule has 0 fully saturated rings. The molecule has 22 heavy (non-hydrogen) atoms. The summed E-state index contributed by atoms with van der Waals surface area (Å²) in [5.41, 5.74) is 0.479. The normalized spacial score (nSPS) is 10.1. The predicted molar refractivity (Wildman–Crippen MR) is 76.1 cm³/mol. The number of anilines is 2. The van der Waals surface area contributed by atoms with Gasteiger partial charge in [0.15, 0.2) is 5.82 Å². The second-order valence-corrected chi connectivity index (χ2v) is 4.17. The van der Waals surface area contributed by atoms with Gasteiger partial charge in [-0.1, -0.05) is 0 Å². The quantitative estimate of drug-likeness (QED) is 0.828. The maximum absolute atomic E-state index is 11.8. The Morgan fingerprint density at radius 2 is 1.95 bits per heavy atom. The van der Waals surface area contributed by atoms with E-state index in [0.717, 1.165) is 4.80 Å². The van der Waals surface area contributed by atoms with Crippen LogP contribution in [0, 0.1) is 6.92 Å². The van der Waals surface area contributed by atoms with Crippen LogP contribution < -0.4 is 10.6 Å². The molecule has 10 heteroatoms. The maximum Gasteiger partial charge on any atom is 0.412 e. The van der Waals surface area contributed by atoms with Crippen molar-refractivity contribution < 1.29 is 14.3 Å². The minimum Gasteiger partial charge on any atom is -0.450 e. The van der Waals surface area contributed by atoms with E-state index in [1.54, 1.807) is 13.8 Å². The highest BCUT2D eigenvalue weighted by Crippen LogP contribution is 2.03. The van der Waals surface area contributed by atoms with Gasteiger partial charge in [0.05, 0.1) is 30.9 Å². The Labute approximate surface area is 125 Å². The minimum absolute atomic E-state index is 0.113. The summed E-state index contributed by atoms with van der Waals surface area (Å²) in [5.74, 6) is 0.470. The lowest BCUT2D eigenvalue weighted by atomic mass is 10.5. The minimum atomic E-state index is -0.629. The van der Waals surface area contributed by atoms with Gasteiger partial charge in [0, 0.05) is 0 Å². The number of aryl methyl sites for hydroxylation is 1. The molecule has 2 aromatic heterocycles. The average molecular weight is 305 g/mol. The highest BCUT2D eigenvalue weighted by molar-refractivity contribution is 5.90. The van der Waals surface area contributed by atoms with Gasteiger partial charge in [-0.05, 0) is 13.8 Å². The number of amides is 2. The fourth-order valence-corrected chi connectivity index (χ4v) is 1.49. The van der Waals surface area contributed by atoms with E-state index in [0.29, 0.717) is 11.5 Å². The number of hydrogen-bond acceptors (Lipinski definition) is 7. The van der Waals surface area contributed by atoms with Crippen molar-refractivity contribution >= 4 is 23.5 Å². The molecule has 0 aliphatic rings. The number of ether oxygens (including phenoxy) is 1. The molecule has 2 rings (SSSR count). The Morgan fingerprint density at radius 3 is 2.64 bits per heavy atom. The van der Waals surface area contributed by atoms with E-state index in [2.05, 4.69) is 30.8 Å². The fourth-order valence-electron chi connectivity index (χ4n) is 1.49. The van der Waals surface area contributed by atoms with Gasteiger partial charge in [-0.25, -0.2) is 14.8 Å². The molecular formula is C12H15N7O3. The third kappa shape index (κ3) is 4.51. The second kappa shape index (κ2) is 7.11. The lowest BCUT2D eigenvalue weighted by Gasteiger charge is -2.04. The molecule has 0 radical (unpaired) electrons. The lowest BCUT2D eigenvalue weighted by molar-refractivity contribution is -0.117. The van der Waals surface area contributed by atoms with Gasteiger partial charge < -0.3 is 10.1 Å². The van der Waals surface area contributed by atoms with Crippen LogP contribution in [0.3, 0.4) is 0 Å². The Morgan fingerprint density at radius 1 is 1.23 bits per heavy atom. The van der Waals surface area contributed by atoms with Crippen molar-refractivity contribution in [3.8, 4) is 0 Å². The first kappa shape index (κ1) is 15.4. The van der Waals surface area contributed by atoms with E-state index in [4.69, 9.17) is 4.74 Å². The molecule has 0 aromatic carbocycles. The van der Waals surface area contributed by atoms with E-state index in [9.17, 15) is 9.59 Å². The second-order valence-electron chi connectivity index (χ2n) is 4.17. The van der Waals surface area contributed by atoms with E-state index < -0.39 is 6.09 Å². The molecule has 0 aliphatic carbocycles. The van der Waals surface area contributed by atoms with Crippen molar-refractivity contribution in [2.45, 2.75) is 20.4 Å². The van der Waals surface area contributed by atoms with Gasteiger partial charge in [0.2, 0.25) is 5.91 Å². The molecule has 10 nitrogen and oxygen atoms in total. The van der Waals surface area contributed by atoms with Crippen LogP contribution in [0.15, 0.2) is 18.6 Å². The number of aromatic nitrogens is 5. The summed E-state index contributed by atoms with van der Waals surface area (Å²) in [6.45, 7) is 3.58. The molecule has 0 saturated carbocycles. The molecule has 2 aromatic rings. The molecular weight excluding hydrogens is 290 g/mol. The molecule has 0 spiro atoms. The SMILES string of the molecule is CCOC(=O)Nc1cnn(CC(=O)Nc2cnc(C)nc2)n1. The number of rotatable bonds is 5. The first-order chi connectivity index (χ1) is 10.6. The molecule has 2 N–H and O–H groups in total. The molecule has 2 amide bonds. The predicted octanol–water partition coefficient (Wildman–Crippen LogP) is 0.584. The number of carbonyl (C=O) groups is 2. The summed E-state index contributed by atoms with van der Waals surface area (Å²) in [4.78, 5) is 32.1. The maximum atomic E-state index is 11.8. The summed E-state index contributed by atoms with van der Waals surface area (Å²) in [7, 11) is 0. The summed E-state index contributed by atoms with van der Waals surface area (Å²) in [6.07, 6.45) is 3.70. The Hall–Kier alpha value is -3.04. The van der Waals surface area contributed by atoms with Crippen LogP contribution in [-0.4, -0.2) is 43.6 Å². The Balaban J connectivity index is 1.88. The summed E-state index contributed by atoms with van der Waals surface area (Å²) < 4.78 is 4.70. The third-order valence-electron chi connectivity index (χ3n) is 2.39. The van der Waals surface area contributed by atoms with E-state index in [1.165, 1.54) is 18.6 Å². The van der Waals surface area contributed by atoms with Crippen LogP contribution in [0.1, 0.15) is 12.7 Å². The zero-order valence-corrected chi connectivity index (χ0v) is 12.1. The van der Waals surface area contributed by atoms with Crippen molar-refractivity contribution in [2.24, 2.45) is 0 Å². The molecule has 116 valence electrons. The van der Waals surface area contributed by atoms with Crippen LogP contribution in [0.5, 0.6) is 0 Å². The standard InChI is InChI=1S/C12H15N7O3/c1-3-22-12(21)17-10-6-15-19(18-10)7-11(20)16-9-4-13-8(2)14-5-9/h4-6H,3,7H2,1-2H3,(H,16,20)(H,17,18,21). The van der Waals surface area contributed by atoms with Gasteiger partial charge >= 0.3 is 6.09 Å². The molecule has 0 saturated heterocycles. The van der Waals surface area contributed by atoms with Crippen molar-refractivity contribution in [1.82, 2.24) is 25.0 Å². The smallest absolute Gasteiger partial charge is 0.412 e. The highest BCUT2D eigenvalue weighted by Gasteiger charge is 2.09. The summed E-state index contributed by atoms with van der Waals surface area (Å²) in [5, 5.41) is 12.8. The van der Waals surface area contributed by atoms with Crippen LogP contribution in [0.4, 0.5) is 16.3 Å². The van der Waals surface area contributed by atoms with Crippen LogP contribution >= 0.6 is 0 Å². The number of carbonyl (C=O) groups excluding carboxylic acids is 2. The third-order valence-corrected chi connectivity index (χ3v) is 2.39. The van der Waals surface area contributed by atoms with E-state index >= 15 is 0 Å². The monoisotopic (exact) mass is 305 g/mol. The van der Waals surface area contributed by atoms with Crippen LogP contribution in [0.2, 0.25) is 0 Å². The van der Waals surface area contributed by atoms with Crippen LogP contribution in [-0.2, 0) is 16.1 Å². The number of hydrogen-bond donors (Lipinski definition) is 2. The highest BCUT2D eigenvalue weighted by atomic mass is 16.5. The lowest BCUT2D eigenvalue weighted by Crippen LogP contribution is -2.21. The first-order valence-electron chi connectivity index (χ1n) is 6.49. The van der Waals surface area contributed by atoms with Gasteiger partial charge in [-0.15, -0.1) is 5.10 Å². The molecule has 2 heterocycles. The van der Waals surface area contributed by atoms with E-state index in [1.807, 2.05) is 0 Å². The largest absolute Gasteiger partial charge is 0.450 e. The molecule has 0 atom stereocenters. The van der Waals surface area contributed by atoms with Gasteiger partial charge in [0.25, 0.3) is 0 Å². The Kier molecular flexibility index (Phi) is 4.96. The zero-order chi connectivity index (χ0) is 15.9. The van der Waals surface area contributed by atoms with E-state index in [-0.39, 0.29) is 24.9 Å². The topological polar surface area (TPSA) is 124 Å². The Bertz CT molecular complexity index is 653. The van der Waals surface area contributed by atoms with Crippen molar-refractivity contribution in [1.29, 1.82) is 0 Å². The zero-order valence-electron chi connectivity index (χ0n) is 12.1. The van der Waals surface area contributed by atoms with Gasteiger partial charge in [-0.2, -0.15) is 9.90 Å². The molecule has 0 bridgehead atoms. The average Bonchev–Trinajstić information content (AvgIpc) is 2.88. The summed E-state index contributed by atoms with van der Waals surface area (Å²) in [6, 6.07) is 0.